The number of benzene rings is 1. The molecule has 1 aromatic heterocycles. The number of rotatable bonds is 6. The van der Waals surface area contributed by atoms with Crippen LogP contribution in [-0.4, -0.2) is 67.6 Å². The third-order valence-corrected chi connectivity index (χ3v) is 5.29. The molecule has 0 saturated carbocycles. The number of hydrogen-bond donors (Lipinski definition) is 1. The van der Waals surface area contributed by atoms with Crippen LogP contribution in [0.4, 0.5) is 5.82 Å². The molecule has 0 unspecified atom stereocenters. The van der Waals surface area contributed by atoms with Gasteiger partial charge in [-0.05, 0) is 49.4 Å². The summed E-state index contributed by atoms with van der Waals surface area (Å²) in [6.07, 6.45) is 1.89. The lowest BCUT2D eigenvalue weighted by molar-refractivity contribution is 0.312. The average molecular weight is 543 g/mol. The minimum absolute atomic E-state index is 0. The normalized spacial score (nSPS) is 14.9. The molecule has 6 nitrogen and oxygen atoms in total. The number of nitrogens with zero attached hydrogens (tertiary/aromatic N) is 5. The van der Waals surface area contributed by atoms with Crippen LogP contribution in [-0.2, 0) is 13.1 Å². The summed E-state index contributed by atoms with van der Waals surface area (Å²) < 4.78 is 0. The fraction of sp³-hybridized carbons (Fsp3) is 0.455. The summed E-state index contributed by atoms with van der Waals surface area (Å²) in [5, 5.41) is 4.14. The van der Waals surface area contributed by atoms with Crippen molar-refractivity contribution >= 4 is 47.4 Å². The Bertz CT molecular complexity index is 823. The number of nitrogens with one attached hydrogen (secondary N) is 1. The van der Waals surface area contributed by atoms with E-state index in [1.165, 1.54) is 5.56 Å². The number of halogens is 2. The first-order valence-electron chi connectivity index (χ1n) is 10.2. The van der Waals surface area contributed by atoms with Crippen LogP contribution in [0.1, 0.15) is 18.1 Å². The van der Waals surface area contributed by atoms with Gasteiger partial charge in [-0.1, -0.05) is 23.7 Å². The lowest BCUT2D eigenvalue weighted by atomic mass is 10.2. The van der Waals surface area contributed by atoms with Crippen LogP contribution in [0.5, 0.6) is 0 Å². The van der Waals surface area contributed by atoms with Gasteiger partial charge in [0.05, 0.1) is 6.54 Å². The van der Waals surface area contributed by atoms with Gasteiger partial charge in [0.2, 0.25) is 0 Å². The van der Waals surface area contributed by atoms with Gasteiger partial charge < -0.3 is 20.0 Å². The van der Waals surface area contributed by atoms with Crippen molar-refractivity contribution in [1.29, 1.82) is 0 Å². The molecule has 1 aliphatic heterocycles. The lowest BCUT2D eigenvalue weighted by Crippen LogP contribution is -2.44. The molecule has 30 heavy (non-hydrogen) atoms. The topological polar surface area (TPSA) is 47.0 Å². The summed E-state index contributed by atoms with van der Waals surface area (Å²) in [4.78, 5) is 16.2. The Hall–Kier alpha value is -1.58. The van der Waals surface area contributed by atoms with Gasteiger partial charge in [0.1, 0.15) is 5.82 Å². The maximum Gasteiger partial charge on any atom is 0.194 e. The molecule has 2 aromatic rings. The Labute approximate surface area is 202 Å². The van der Waals surface area contributed by atoms with Crippen LogP contribution >= 0.6 is 35.6 Å². The van der Waals surface area contributed by atoms with Crippen molar-refractivity contribution in [3.8, 4) is 0 Å². The second kappa shape index (κ2) is 12.3. The standard InChI is InChI=1S/C22H31ClN6.HI/c1-4-24-22(28(3)17-19-6-5-7-20(23)14-19)26-16-18-8-9-25-21(15-18)29-12-10-27(2)11-13-29;/h5-9,14-15H,4,10-13,16-17H2,1-3H3,(H,24,26);1H. The van der Waals surface area contributed by atoms with Crippen molar-refractivity contribution in [3.05, 3.63) is 58.7 Å². The van der Waals surface area contributed by atoms with Crippen molar-refractivity contribution < 1.29 is 0 Å². The molecule has 0 aliphatic carbocycles. The minimum atomic E-state index is 0. The monoisotopic (exact) mass is 542 g/mol. The van der Waals surface area contributed by atoms with Gasteiger partial charge in [0, 0.05) is 57.5 Å². The highest BCUT2D eigenvalue weighted by Crippen LogP contribution is 2.16. The first-order valence-corrected chi connectivity index (χ1v) is 10.5. The lowest BCUT2D eigenvalue weighted by Gasteiger charge is -2.33. The molecule has 1 fully saturated rings. The SMILES string of the molecule is CCNC(=NCc1ccnc(N2CCN(C)CC2)c1)N(C)Cc1cccc(Cl)c1.I. The smallest absolute Gasteiger partial charge is 0.194 e. The third kappa shape index (κ3) is 7.28. The van der Waals surface area contributed by atoms with Crippen LogP contribution in [0.2, 0.25) is 5.02 Å². The molecule has 0 bridgehead atoms. The maximum atomic E-state index is 6.12. The predicted octanol–water partition coefficient (Wildman–Crippen LogP) is 3.70. The number of pyridine rings is 1. The average Bonchev–Trinajstić information content (AvgIpc) is 2.72. The molecule has 0 radical (unpaired) electrons. The Morgan fingerprint density at radius 2 is 1.93 bits per heavy atom. The van der Waals surface area contributed by atoms with E-state index in [-0.39, 0.29) is 24.0 Å². The second-order valence-electron chi connectivity index (χ2n) is 7.47. The van der Waals surface area contributed by atoms with Crippen LogP contribution in [0, 0.1) is 0 Å². The zero-order valence-electron chi connectivity index (χ0n) is 18.0. The minimum Gasteiger partial charge on any atom is -0.357 e. The van der Waals surface area contributed by atoms with Gasteiger partial charge in [-0.2, -0.15) is 0 Å². The molecular formula is C22H32ClIN6. The number of anilines is 1. The Morgan fingerprint density at radius 3 is 2.63 bits per heavy atom. The Balaban J connectivity index is 0.00000320. The summed E-state index contributed by atoms with van der Waals surface area (Å²) in [5.41, 5.74) is 2.33. The van der Waals surface area contributed by atoms with E-state index in [0.29, 0.717) is 6.54 Å². The van der Waals surface area contributed by atoms with Gasteiger partial charge in [-0.3, -0.25) is 0 Å². The zero-order chi connectivity index (χ0) is 20.6. The van der Waals surface area contributed by atoms with Crippen LogP contribution in [0.15, 0.2) is 47.6 Å². The third-order valence-electron chi connectivity index (χ3n) is 5.05. The Kier molecular flexibility index (Phi) is 10.1. The molecule has 0 spiro atoms. The van der Waals surface area contributed by atoms with Crippen molar-refractivity contribution in [2.45, 2.75) is 20.0 Å². The zero-order valence-corrected chi connectivity index (χ0v) is 21.1. The quantitative estimate of drug-likeness (QED) is 0.343. The highest BCUT2D eigenvalue weighted by atomic mass is 127. The van der Waals surface area contributed by atoms with Gasteiger partial charge in [0.15, 0.2) is 5.96 Å². The summed E-state index contributed by atoms with van der Waals surface area (Å²) in [6.45, 7) is 8.44. The highest BCUT2D eigenvalue weighted by molar-refractivity contribution is 14.0. The number of aromatic nitrogens is 1. The molecule has 1 saturated heterocycles. The van der Waals surface area contributed by atoms with E-state index in [0.717, 1.165) is 61.6 Å². The van der Waals surface area contributed by atoms with E-state index in [1.54, 1.807) is 0 Å². The van der Waals surface area contributed by atoms with Crippen molar-refractivity contribution in [1.82, 2.24) is 20.1 Å². The first-order chi connectivity index (χ1) is 14.0. The molecular weight excluding hydrogens is 511 g/mol. The molecule has 0 amide bonds. The van der Waals surface area contributed by atoms with E-state index in [1.807, 2.05) is 37.5 Å². The van der Waals surface area contributed by atoms with E-state index in [4.69, 9.17) is 16.6 Å². The van der Waals surface area contributed by atoms with E-state index in [2.05, 4.69) is 51.1 Å². The highest BCUT2D eigenvalue weighted by Gasteiger charge is 2.15. The molecule has 0 atom stereocenters. The second-order valence-corrected chi connectivity index (χ2v) is 7.91. The van der Waals surface area contributed by atoms with Gasteiger partial charge >= 0.3 is 0 Å². The molecule has 2 heterocycles. The fourth-order valence-electron chi connectivity index (χ4n) is 3.39. The number of aliphatic imine (C=N–C) groups is 1. The molecule has 1 aliphatic rings. The number of guanidine groups is 1. The van der Waals surface area contributed by atoms with E-state index < -0.39 is 0 Å². The summed E-state index contributed by atoms with van der Waals surface area (Å²) in [7, 11) is 4.21. The molecule has 1 aromatic carbocycles. The van der Waals surface area contributed by atoms with Crippen molar-refractivity contribution in [2.75, 3.05) is 51.7 Å². The number of likely N-dealkylation sites (N-methyl/N-ethyl adjacent to an activating group) is 1. The molecule has 8 heteroatoms. The number of hydrogen-bond acceptors (Lipinski definition) is 4. The van der Waals surface area contributed by atoms with Gasteiger partial charge in [0.25, 0.3) is 0 Å². The van der Waals surface area contributed by atoms with Crippen LogP contribution in [0.3, 0.4) is 0 Å². The van der Waals surface area contributed by atoms with E-state index >= 15 is 0 Å². The first kappa shape index (κ1) is 24.7. The summed E-state index contributed by atoms with van der Waals surface area (Å²) in [6, 6.07) is 12.2. The van der Waals surface area contributed by atoms with Crippen LogP contribution < -0.4 is 10.2 Å². The summed E-state index contributed by atoms with van der Waals surface area (Å²) in [5.74, 6) is 1.92. The number of piperazine rings is 1. The fourth-order valence-corrected chi connectivity index (χ4v) is 3.60. The van der Waals surface area contributed by atoms with Crippen LogP contribution in [0.25, 0.3) is 0 Å². The van der Waals surface area contributed by atoms with Crippen molar-refractivity contribution in [2.24, 2.45) is 4.99 Å². The predicted molar refractivity (Wildman–Crippen MR) is 137 cm³/mol. The molecule has 1 N–H and O–H groups in total. The maximum absolute atomic E-state index is 6.12. The molecule has 3 rings (SSSR count). The van der Waals surface area contributed by atoms with Crippen molar-refractivity contribution in [3.63, 3.8) is 0 Å². The Morgan fingerprint density at radius 1 is 1.17 bits per heavy atom. The van der Waals surface area contributed by atoms with Gasteiger partial charge in [-0.15, -0.1) is 24.0 Å². The van der Waals surface area contributed by atoms with Gasteiger partial charge in [-0.25, -0.2) is 9.98 Å². The summed E-state index contributed by atoms with van der Waals surface area (Å²) >= 11 is 6.12. The van der Waals surface area contributed by atoms with E-state index in [9.17, 15) is 0 Å². The molecule has 164 valence electrons. The largest absolute Gasteiger partial charge is 0.357 e.